The molecular formula is C15H21ClN4O. The van der Waals surface area contributed by atoms with Crippen molar-refractivity contribution in [2.75, 3.05) is 0 Å². The molecule has 0 atom stereocenters. The van der Waals surface area contributed by atoms with E-state index in [1.54, 1.807) is 12.3 Å². The minimum atomic E-state index is -0.289. The zero-order chi connectivity index (χ0) is 15.4. The van der Waals surface area contributed by atoms with Crippen LogP contribution in [0.2, 0.25) is 5.02 Å². The molecule has 0 aliphatic heterocycles. The lowest BCUT2D eigenvalue weighted by Crippen LogP contribution is -2.07. The van der Waals surface area contributed by atoms with Crippen molar-refractivity contribution in [3.05, 3.63) is 33.5 Å². The standard InChI is InChI=1S/C15H21ClN4O/c1-4-5-6-20-14(18-13(19-20)7-10(2)3)11-8-12(16)15(21)17-9-11/h8-10H,4-7H2,1-3H3,(H,17,21). The van der Waals surface area contributed by atoms with Gasteiger partial charge >= 0.3 is 0 Å². The number of hydrogen-bond donors (Lipinski definition) is 1. The predicted molar refractivity (Wildman–Crippen MR) is 84.5 cm³/mol. The van der Waals surface area contributed by atoms with Crippen molar-refractivity contribution in [1.82, 2.24) is 19.7 Å². The zero-order valence-corrected chi connectivity index (χ0v) is 13.4. The average Bonchev–Trinajstić information content (AvgIpc) is 2.81. The summed E-state index contributed by atoms with van der Waals surface area (Å²) in [7, 11) is 0. The fraction of sp³-hybridized carbons (Fsp3) is 0.533. The van der Waals surface area contributed by atoms with Crippen molar-refractivity contribution < 1.29 is 0 Å². The summed E-state index contributed by atoms with van der Waals surface area (Å²) in [5, 5.41) is 4.76. The van der Waals surface area contributed by atoms with E-state index in [4.69, 9.17) is 11.6 Å². The van der Waals surface area contributed by atoms with Crippen LogP contribution in [0.25, 0.3) is 11.4 Å². The molecule has 5 nitrogen and oxygen atoms in total. The molecule has 0 bridgehead atoms. The summed E-state index contributed by atoms with van der Waals surface area (Å²) in [5.74, 6) is 2.09. The van der Waals surface area contributed by atoms with Crippen LogP contribution in [-0.4, -0.2) is 19.7 Å². The van der Waals surface area contributed by atoms with Gasteiger partial charge in [0.25, 0.3) is 5.56 Å². The molecule has 0 fully saturated rings. The molecule has 0 saturated carbocycles. The van der Waals surface area contributed by atoms with Crippen LogP contribution in [0.15, 0.2) is 17.1 Å². The Labute approximate surface area is 129 Å². The molecule has 0 radical (unpaired) electrons. The van der Waals surface area contributed by atoms with Crippen molar-refractivity contribution in [3.63, 3.8) is 0 Å². The van der Waals surface area contributed by atoms with Crippen LogP contribution < -0.4 is 5.56 Å². The summed E-state index contributed by atoms with van der Waals surface area (Å²) >= 11 is 5.91. The van der Waals surface area contributed by atoms with Crippen molar-refractivity contribution in [3.8, 4) is 11.4 Å². The van der Waals surface area contributed by atoms with E-state index in [-0.39, 0.29) is 10.6 Å². The number of hydrogen-bond acceptors (Lipinski definition) is 3. The first-order chi connectivity index (χ1) is 10.0. The number of aromatic amines is 1. The third-order valence-electron chi connectivity index (χ3n) is 3.15. The Morgan fingerprint density at radius 2 is 2.19 bits per heavy atom. The Morgan fingerprint density at radius 1 is 1.43 bits per heavy atom. The number of unbranched alkanes of at least 4 members (excludes halogenated alkanes) is 1. The van der Waals surface area contributed by atoms with E-state index >= 15 is 0 Å². The van der Waals surface area contributed by atoms with E-state index in [0.29, 0.717) is 5.92 Å². The lowest BCUT2D eigenvalue weighted by Gasteiger charge is -2.05. The Bertz CT molecular complexity index is 660. The van der Waals surface area contributed by atoms with Crippen LogP contribution in [0, 0.1) is 5.92 Å². The molecular weight excluding hydrogens is 288 g/mol. The first-order valence-electron chi connectivity index (χ1n) is 7.33. The van der Waals surface area contributed by atoms with E-state index in [1.165, 1.54) is 0 Å². The first kappa shape index (κ1) is 15.8. The van der Waals surface area contributed by atoms with E-state index in [9.17, 15) is 4.79 Å². The van der Waals surface area contributed by atoms with Crippen LogP contribution in [0.3, 0.4) is 0 Å². The Balaban J connectivity index is 2.41. The largest absolute Gasteiger partial charge is 0.327 e. The van der Waals surface area contributed by atoms with Gasteiger partial charge in [-0.05, 0) is 18.4 Å². The molecule has 0 saturated heterocycles. The number of halogens is 1. The van der Waals surface area contributed by atoms with Crippen LogP contribution in [0.5, 0.6) is 0 Å². The highest BCUT2D eigenvalue weighted by Crippen LogP contribution is 2.19. The molecule has 0 aliphatic rings. The smallest absolute Gasteiger partial charge is 0.266 e. The number of aryl methyl sites for hydroxylation is 1. The van der Waals surface area contributed by atoms with Gasteiger partial charge in [0.2, 0.25) is 0 Å². The third-order valence-corrected chi connectivity index (χ3v) is 3.43. The summed E-state index contributed by atoms with van der Waals surface area (Å²) in [6, 6.07) is 1.64. The normalized spacial score (nSPS) is 11.3. The zero-order valence-electron chi connectivity index (χ0n) is 12.7. The maximum Gasteiger partial charge on any atom is 0.266 e. The number of rotatable bonds is 6. The lowest BCUT2D eigenvalue weighted by molar-refractivity contribution is 0.556. The number of pyridine rings is 1. The van der Waals surface area contributed by atoms with Gasteiger partial charge in [-0.25, -0.2) is 9.67 Å². The summed E-state index contributed by atoms with van der Waals surface area (Å²) in [4.78, 5) is 18.6. The first-order valence-corrected chi connectivity index (χ1v) is 7.71. The van der Waals surface area contributed by atoms with Gasteiger partial charge in [0.15, 0.2) is 11.6 Å². The van der Waals surface area contributed by atoms with Gasteiger partial charge in [0.1, 0.15) is 5.02 Å². The number of nitrogens with one attached hydrogen (secondary N) is 1. The molecule has 21 heavy (non-hydrogen) atoms. The van der Waals surface area contributed by atoms with Crippen LogP contribution >= 0.6 is 11.6 Å². The quantitative estimate of drug-likeness (QED) is 0.890. The Hall–Kier alpha value is -1.62. The van der Waals surface area contributed by atoms with Gasteiger partial charge in [-0.1, -0.05) is 38.8 Å². The van der Waals surface area contributed by atoms with Crippen molar-refractivity contribution in [1.29, 1.82) is 0 Å². The molecule has 0 unspecified atom stereocenters. The molecule has 0 spiro atoms. The van der Waals surface area contributed by atoms with E-state index in [1.807, 2.05) is 4.68 Å². The van der Waals surface area contributed by atoms with Gasteiger partial charge in [0.05, 0.1) is 0 Å². The summed E-state index contributed by atoms with van der Waals surface area (Å²) in [5.41, 5.74) is 0.501. The fourth-order valence-corrected chi connectivity index (χ4v) is 2.28. The van der Waals surface area contributed by atoms with E-state index < -0.39 is 0 Å². The van der Waals surface area contributed by atoms with Crippen molar-refractivity contribution >= 4 is 11.6 Å². The second-order valence-electron chi connectivity index (χ2n) is 5.59. The van der Waals surface area contributed by atoms with Gasteiger partial charge < -0.3 is 4.98 Å². The fourth-order valence-electron chi connectivity index (χ4n) is 2.10. The minimum Gasteiger partial charge on any atom is -0.327 e. The molecule has 114 valence electrons. The predicted octanol–water partition coefficient (Wildman–Crippen LogP) is 3.29. The van der Waals surface area contributed by atoms with Crippen LogP contribution in [0.1, 0.15) is 39.4 Å². The lowest BCUT2D eigenvalue weighted by atomic mass is 10.1. The number of H-pyrrole nitrogens is 1. The average molecular weight is 309 g/mol. The van der Waals surface area contributed by atoms with E-state index in [0.717, 1.165) is 43.0 Å². The van der Waals surface area contributed by atoms with Crippen LogP contribution in [-0.2, 0) is 13.0 Å². The SMILES string of the molecule is CCCCn1nc(CC(C)C)nc1-c1c[nH]c(=O)c(Cl)c1. The van der Waals surface area contributed by atoms with Gasteiger partial charge in [-0.3, -0.25) is 4.79 Å². The summed E-state index contributed by atoms with van der Waals surface area (Å²) < 4.78 is 1.91. The van der Waals surface area contributed by atoms with Gasteiger partial charge in [0, 0.05) is 24.7 Å². The molecule has 0 aliphatic carbocycles. The monoisotopic (exact) mass is 308 g/mol. The second-order valence-corrected chi connectivity index (χ2v) is 6.00. The Morgan fingerprint density at radius 3 is 2.81 bits per heavy atom. The molecule has 2 heterocycles. The summed E-state index contributed by atoms with van der Waals surface area (Å²) in [6.45, 7) is 7.24. The maximum atomic E-state index is 11.4. The molecule has 0 amide bonds. The Kier molecular flexibility index (Phi) is 5.17. The topological polar surface area (TPSA) is 63.6 Å². The highest BCUT2D eigenvalue weighted by atomic mass is 35.5. The van der Waals surface area contributed by atoms with Gasteiger partial charge in [-0.2, -0.15) is 5.10 Å². The van der Waals surface area contributed by atoms with E-state index in [2.05, 4.69) is 35.8 Å². The number of aromatic nitrogens is 4. The molecule has 2 rings (SSSR count). The third kappa shape index (κ3) is 3.94. The molecule has 2 aromatic rings. The highest BCUT2D eigenvalue weighted by Gasteiger charge is 2.14. The summed E-state index contributed by atoms with van der Waals surface area (Å²) in [6.07, 6.45) is 4.60. The molecule has 6 heteroatoms. The van der Waals surface area contributed by atoms with Crippen LogP contribution in [0.4, 0.5) is 0 Å². The van der Waals surface area contributed by atoms with Crippen molar-refractivity contribution in [2.45, 2.75) is 46.6 Å². The molecule has 0 aromatic carbocycles. The second kappa shape index (κ2) is 6.89. The highest BCUT2D eigenvalue weighted by molar-refractivity contribution is 6.30. The van der Waals surface area contributed by atoms with Gasteiger partial charge in [-0.15, -0.1) is 0 Å². The van der Waals surface area contributed by atoms with Crippen molar-refractivity contribution in [2.24, 2.45) is 5.92 Å². The molecule has 1 N–H and O–H groups in total. The molecule has 2 aromatic heterocycles. The number of nitrogens with zero attached hydrogens (tertiary/aromatic N) is 3. The maximum absolute atomic E-state index is 11.4. The minimum absolute atomic E-state index is 0.169.